The number of hydrogen-bond acceptors (Lipinski definition) is 7. The highest BCUT2D eigenvalue weighted by molar-refractivity contribution is 6.39. The van der Waals surface area contributed by atoms with Gasteiger partial charge in [-0.05, 0) is 49.9 Å². The van der Waals surface area contributed by atoms with E-state index < -0.39 is 22.9 Å². The summed E-state index contributed by atoms with van der Waals surface area (Å²) < 4.78 is 19.9. The number of rotatable bonds is 7. The molecule has 1 aliphatic rings. The van der Waals surface area contributed by atoms with Gasteiger partial charge in [0, 0.05) is 56.1 Å². The van der Waals surface area contributed by atoms with Crippen LogP contribution in [-0.2, 0) is 20.9 Å². The lowest BCUT2D eigenvalue weighted by atomic mass is 10.1. The molecule has 0 spiro atoms. The molecule has 0 atom stereocenters. The maximum Gasteiger partial charge on any atom is 0.379 e. The Labute approximate surface area is 207 Å². The number of halogens is 1. The van der Waals surface area contributed by atoms with Crippen molar-refractivity contribution in [3.63, 3.8) is 0 Å². The molecule has 1 aromatic heterocycles. The van der Waals surface area contributed by atoms with E-state index >= 15 is 0 Å². The topological polar surface area (TPSA) is 92.1 Å². The summed E-state index contributed by atoms with van der Waals surface area (Å²) in [5.74, 6) is -3.17. The number of aromatic nitrogens is 1. The normalized spacial score (nSPS) is 14.8. The summed E-state index contributed by atoms with van der Waals surface area (Å²) in [5, 5.41) is 11.0. The van der Waals surface area contributed by atoms with Crippen LogP contribution >= 0.6 is 0 Å². The van der Waals surface area contributed by atoms with Crippen LogP contribution in [0.25, 0.3) is 16.7 Å². The molecule has 3 aromatic rings. The predicted molar refractivity (Wildman–Crippen MR) is 136 cm³/mol. The first-order valence-corrected chi connectivity index (χ1v) is 11.7. The van der Waals surface area contributed by atoms with E-state index in [4.69, 9.17) is 0 Å². The van der Waals surface area contributed by atoms with Crippen molar-refractivity contribution in [2.45, 2.75) is 13.5 Å². The minimum atomic E-state index is -1.12. The van der Waals surface area contributed by atoms with E-state index in [2.05, 4.69) is 21.6 Å². The number of nitrogens with zero attached hydrogens (tertiary/aromatic N) is 3. The van der Waals surface area contributed by atoms with Gasteiger partial charge in [-0.25, -0.2) is 9.18 Å². The number of esters is 1. The van der Waals surface area contributed by atoms with Crippen LogP contribution in [0.4, 0.5) is 10.1 Å². The van der Waals surface area contributed by atoms with Crippen molar-refractivity contribution in [3.8, 4) is 0 Å². The summed E-state index contributed by atoms with van der Waals surface area (Å²) in [6.07, 6.45) is 2.15. The number of anilines is 1. The Bertz CT molecular complexity index is 1370. The lowest BCUT2D eigenvalue weighted by Gasteiger charge is -2.34. The Morgan fingerprint density at radius 3 is 2.44 bits per heavy atom. The third kappa shape index (κ3) is 5.46. The van der Waals surface area contributed by atoms with Crippen molar-refractivity contribution in [2.24, 2.45) is 0 Å². The number of hydrogen-bond donors (Lipinski definition) is 1. The minimum Gasteiger partial charge on any atom is -0.507 e. The van der Waals surface area contributed by atoms with E-state index in [9.17, 15) is 23.9 Å². The summed E-state index contributed by atoms with van der Waals surface area (Å²) in [6, 6.07) is 11.5. The van der Waals surface area contributed by atoms with E-state index in [1.165, 1.54) is 18.3 Å². The number of carbonyl (C=O) groups excluding carboxylic acids is 2. The van der Waals surface area contributed by atoms with Crippen LogP contribution in [0.5, 0.6) is 0 Å². The Morgan fingerprint density at radius 2 is 1.78 bits per heavy atom. The van der Waals surface area contributed by atoms with E-state index in [1.54, 1.807) is 29.7 Å². The Balaban J connectivity index is 1.81. The molecule has 4 rings (SSSR count). The number of pyridine rings is 1. The van der Waals surface area contributed by atoms with Gasteiger partial charge in [-0.3, -0.25) is 9.59 Å². The van der Waals surface area contributed by atoms with Gasteiger partial charge in [-0.15, -0.1) is 0 Å². The number of piperazine rings is 1. The zero-order valence-corrected chi connectivity index (χ0v) is 20.2. The Kier molecular flexibility index (Phi) is 7.49. The monoisotopic (exact) mass is 493 g/mol. The van der Waals surface area contributed by atoms with Crippen LogP contribution in [0.15, 0.2) is 59.5 Å². The number of aliphatic hydroxyl groups excluding tert-OH is 1. The third-order valence-corrected chi connectivity index (χ3v) is 6.22. The van der Waals surface area contributed by atoms with Crippen LogP contribution in [-0.4, -0.2) is 66.2 Å². The Hall–Kier alpha value is -3.98. The molecule has 8 nitrogen and oxygen atoms in total. The molecule has 1 aliphatic heterocycles. The number of ether oxygens (including phenoxy) is 1. The number of aliphatic hydroxyl groups is 1. The standard InChI is InChI=1S/C27H28FN3O5/c1-3-36-27(35)25(33)15-24(32)22-17-31(16-18-4-6-19(28)7-5-18)23-14-20(8-9-21(23)26(22)34)30-12-10-29(2)11-13-30/h4-9,14-15,17,32H,3,10-13,16H2,1-2H3. The van der Waals surface area contributed by atoms with Gasteiger partial charge in [0.15, 0.2) is 5.43 Å². The summed E-state index contributed by atoms with van der Waals surface area (Å²) in [5.41, 5.74) is 1.77. The van der Waals surface area contributed by atoms with Crippen LogP contribution in [0.2, 0.25) is 0 Å². The lowest BCUT2D eigenvalue weighted by molar-refractivity contribution is -0.151. The van der Waals surface area contributed by atoms with Crippen molar-refractivity contribution < 1.29 is 23.8 Å². The number of benzene rings is 2. The zero-order valence-electron chi connectivity index (χ0n) is 20.2. The average molecular weight is 494 g/mol. The predicted octanol–water partition coefficient (Wildman–Crippen LogP) is 2.97. The molecule has 1 N–H and O–H groups in total. The molecule has 0 saturated carbocycles. The number of likely N-dealkylation sites (N-methyl/N-ethyl adjacent to an activating group) is 1. The average Bonchev–Trinajstić information content (AvgIpc) is 2.87. The smallest absolute Gasteiger partial charge is 0.379 e. The van der Waals surface area contributed by atoms with E-state index in [0.29, 0.717) is 17.0 Å². The molecule has 0 radical (unpaired) electrons. The second-order valence-electron chi connectivity index (χ2n) is 8.73. The highest BCUT2D eigenvalue weighted by atomic mass is 19.1. The number of carbonyl (C=O) groups is 2. The van der Waals surface area contributed by atoms with Gasteiger partial charge < -0.3 is 24.2 Å². The second-order valence-corrected chi connectivity index (χ2v) is 8.73. The van der Waals surface area contributed by atoms with Crippen LogP contribution < -0.4 is 10.3 Å². The maximum atomic E-state index is 13.5. The van der Waals surface area contributed by atoms with Gasteiger partial charge in [-0.2, -0.15) is 0 Å². The first-order chi connectivity index (χ1) is 17.3. The fourth-order valence-corrected chi connectivity index (χ4v) is 4.20. The van der Waals surface area contributed by atoms with Crippen molar-refractivity contribution in [1.82, 2.24) is 9.47 Å². The minimum absolute atomic E-state index is 0.00919. The first kappa shape index (κ1) is 25.1. The fourth-order valence-electron chi connectivity index (χ4n) is 4.20. The van der Waals surface area contributed by atoms with Gasteiger partial charge in [-0.1, -0.05) is 12.1 Å². The lowest BCUT2D eigenvalue weighted by Crippen LogP contribution is -2.44. The molecular weight excluding hydrogens is 465 g/mol. The summed E-state index contributed by atoms with van der Waals surface area (Å²) in [4.78, 5) is 41.6. The highest BCUT2D eigenvalue weighted by Crippen LogP contribution is 2.24. The quantitative estimate of drug-likeness (QED) is 0.234. The van der Waals surface area contributed by atoms with Gasteiger partial charge in [0.25, 0.3) is 5.78 Å². The highest BCUT2D eigenvalue weighted by Gasteiger charge is 2.19. The van der Waals surface area contributed by atoms with Crippen molar-refractivity contribution in [2.75, 3.05) is 44.7 Å². The largest absolute Gasteiger partial charge is 0.507 e. The Morgan fingerprint density at radius 1 is 1.08 bits per heavy atom. The van der Waals surface area contributed by atoms with Gasteiger partial charge >= 0.3 is 5.97 Å². The molecule has 2 aromatic carbocycles. The van der Waals surface area contributed by atoms with Crippen LogP contribution in [0.1, 0.15) is 18.1 Å². The fraction of sp³-hybridized carbons (Fsp3) is 0.296. The first-order valence-electron chi connectivity index (χ1n) is 11.7. The van der Waals surface area contributed by atoms with Crippen molar-refractivity contribution in [1.29, 1.82) is 0 Å². The molecule has 1 fully saturated rings. The number of ketones is 1. The molecule has 188 valence electrons. The van der Waals surface area contributed by atoms with E-state index in [-0.39, 0.29) is 24.5 Å². The number of fused-ring (bicyclic) bond motifs is 1. The van der Waals surface area contributed by atoms with Crippen LogP contribution in [0.3, 0.4) is 0 Å². The molecule has 0 bridgehead atoms. The molecule has 36 heavy (non-hydrogen) atoms. The van der Waals surface area contributed by atoms with E-state index in [0.717, 1.165) is 37.4 Å². The van der Waals surface area contributed by atoms with E-state index in [1.807, 2.05) is 12.1 Å². The molecule has 0 aliphatic carbocycles. The zero-order chi connectivity index (χ0) is 25.8. The van der Waals surface area contributed by atoms with Gasteiger partial charge in [0.05, 0.1) is 17.7 Å². The summed E-state index contributed by atoms with van der Waals surface area (Å²) in [6.45, 7) is 5.40. The molecular formula is C27H28FN3O5. The van der Waals surface area contributed by atoms with Crippen molar-refractivity contribution in [3.05, 3.63) is 81.9 Å². The molecule has 9 heteroatoms. The summed E-state index contributed by atoms with van der Waals surface area (Å²) in [7, 11) is 2.08. The molecule has 2 heterocycles. The molecule has 0 amide bonds. The SMILES string of the molecule is CCOC(=O)C(=O)C=C(O)c1cn(Cc2ccc(F)cc2)c2cc(N3CCN(C)CC3)ccc2c1=O. The molecule has 1 saturated heterocycles. The van der Waals surface area contributed by atoms with Crippen molar-refractivity contribution >= 4 is 34.1 Å². The van der Waals surface area contributed by atoms with Crippen LogP contribution in [0, 0.1) is 5.82 Å². The van der Waals surface area contributed by atoms with Gasteiger partial charge in [0.2, 0.25) is 0 Å². The van der Waals surface area contributed by atoms with Gasteiger partial charge in [0.1, 0.15) is 11.6 Å². The maximum absolute atomic E-state index is 13.5. The molecule has 0 unspecified atom stereocenters. The third-order valence-electron chi connectivity index (χ3n) is 6.22. The second kappa shape index (κ2) is 10.7. The summed E-state index contributed by atoms with van der Waals surface area (Å²) >= 11 is 0.